The fraction of sp³-hybridized carbons (Fsp3) is 0.667. The number of aliphatic hydroxyl groups is 1. The van der Waals surface area contributed by atoms with Crippen molar-refractivity contribution < 1.29 is 38.5 Å². The van der Waals surface area contributed by atoms with Gasteiger partial charge in [-0.3, -0.25) is 24.1 Å². The molecule has 4 aliphatic rings. The highest BCUT2D eigenvalue weighted by Gasteiger charge is 2.67. The van der Waals surface area contributed by atoms with E-state index in [0.717, 1.165) is 0 Å². The van der Waals surface area contributed by atoms with Crippen LogP contribution in [0.3, 0.4) is 0 Å². The predicted octanol–water partition coefficient (Wildman–Crippen LogP) is 1.89. The molecule has 5 rings (SSSR count). The van der Waals surface area contributed by atoms with Crippen LogP contribution < -0.4 is 0 Å². The van der Waals surface area contributed by atoms with E-state index in [2.05, 4.69) is 4.90 Å². The average Bonchev–Trinajstić information content (AvgIpc) is 3.33. The monoisotopic (exact) mass is 556 g/mol. The summed E-state index contributed by atoms with van der Waals surface area (Å²) >= 11 is 0. The van der Waals surface area contributed by atoms with Crippen LogP contribution in [-0.4, -0.2) is 95.9 Å². The molecule has 218 valence electrons. The first kappa shape index (κ1) is 28.5. The number of esters is 3. The van der Waals surface area contributed by atoms with Crippen LogP contribution in [0, 0.1) is 29.1 Å². The smallest absolute Gasteiger partial charge is 0.311 e. The summed E-state index contributed by atoms with van der Waals surface area (Å²) in [6, 6.07) is 9.19. The van der Waals surface area contributed by atoms with Crippen molar-refractivity contribution >= 4 is 23.8 Å². The van der Waals surface area contributed by atoms with E-state index in [1.807, 2.05) is 49.1 Å². The molecule has 1 N–H and O–H groups in total. The third-order valence-electron chi connectivity index (χ3n) is 9.70. The molecule has 6 unspecified atom stereocenters. The standard InChI is InChI=1S/C30H40N2O8/c1-17-14-22-25(27(35)30(4)24(39-19(3)34)15-23(26(17)30)38-18(2)33)21(29(37)40-22)16-31-10-12-32(13-11-31)28(36)20-8-6-5-7-9-20/h5-9,17,21-27,35H,10-16H2,1-4H3/t17?,21?,22?,23?,24-,25+,26?,27?,30+/m0/s1. The number of amides is 1. The van der Waals surface area contributed by atoms with Crippen molar-refractivity contribution in [3.8, 4) is 0 Å². The van der Waals surface area contributed by atoms with Gasteiger partial charge >= 0.3 is 17.9 Å². The number of carbonyl (C=O) groups is 4. The third kappa shape index (κ3) is 5.11. The second-order valence-corrected chi connectivity index (χ2v) is 12.1. The molecule has 9 atom stereocenters. The SMILES string of the molecule is CC(=O)OC1C[C@H](OC(C)=O)[C@]2(C)C1C(C)CC1OC(=O)C(CN3CCN(C(=O)c4ccccc4)CC3)[C@H]1C2O. The summed E-state index contributed by atoms with van der Waals surface area (Å²) in [5, 5.41) is 12.1. The molecule has 4 fully saturated rings. The van der Waals surface area contributed by atoms with Gasteiger partial charge in [-0.25, -0.2) is 0 Å². The Labute approximate surface area is 234 Å². The first-order chi connectivity index (χ1) is 19.0. The molecule has 2 heterocycles. The van der Waals surface area contributed by atoms with Gasteiger partial charge in [0.1, 0.15) is 18.3 Å². The zero-order valence-electron chi connectivity index (χ0n) is 23.7. The molecule has 0 bridgehead atoms. The van der Waals surface area contributed by atoms with Crippen LogP contribution in [0.2, 0.25) is 0 Å². The summed E-state index contributed by atoms with van der Waals surface area (Å²) in [7, 11) is 0. The van der Waals surface area contributed by atoms with Gasteiger partial charge in [-0.15, -0.1) is 0 Å². The molecule has 1 aromatic rings. The number of hydrogen-bond acceptors (Lipinski definition) is 9. The molecule has 10 heteroatoms. The lowest BCUT2D eigenvalue weighted by molar-refractivity contribution is -0.165. The zero-order chi connectivity index (χ0) is 28.8. The van der Waals surface area contributed by atoms with E-state index in [-0.39, 0.29) is 23.7 Å². The number of hydrogen-bond donors (Lipinski definition) is 1. The van der Waals surface area contributed by atoms with E-state index < -0.39 is 53.6 Å². The molecule has 0 spiro atoms. The highest BCUT2D eigenvalue weighted by molar-refractivity contribution is 5.94. The summed E-state index contributed by atoms with van der Waals surface area (Å²) < 4.78 is 17.3. The van der Waals surface area contributed by atoms with Gasteiger partial charge in [0, 0.05) is 75.8 Å². The Balaban J connectivity index is 1.34. The maximum absolute atomic E-state index is 13.2. The molecule has 0 radical (unpaired) electrons. The lowest BCUT2D eigenvalue weighted by Gasteiger charge is -2.43. The van der Waals surface area contributed by atoms with Crippen molar-refractivity contribution in [3.05, 3.63) is 35.9 Å². The molecule has 2 aliphatic carbocycles. The minimum Gasteiger partial charge on any atom is -0.462 e. The predicted molar refractivity (Wildman–Crippen MR) is 143 cm³/mol. The molecular weight excluding hydrogens is 516 g/mol. The van der Waals surface area contributed by atoms with Crippen LogP contribution in [0.25, 0.3) is 0 Å². The van der Waals surface area contributed by atoms with Crippen LogP contribution in [0.1, 0.15) is 50.9 Å². The minimum atomic E-state index is -1.02. The summed E-state index contributed by atoms with van der Waals surface area (Å²) in [5.41, 5.74) is -0.278. The molecule has 1 aromatic carbocycles. The number of benzene rings is 1. The van der Waals surface area contributed by atoms with Crippen molar-refractivity contribution in [2.45, 2.75) is 65.0 Å². The van der Waals surface area contributed by atoms with Gasteiger partial charge in [-0.1, -0.05) is 32.0 Å². The molecule has 10 nitrogen and oxygen atoms in total. The Morgan fingerprint density at radius 3 is 2.30 bits per heavy atom. The first-order valence-corrected chi connectivity index (χ1v) is 14.3. The van der Waals surface area contributed by atoms with Crippen LogP contribution in [0.4, 0.5) is 0 Å². The van der Waals surface area contributed by atoms with Crippen molar-refractivity contribution in [2.24, 2.45) is 29.1 Å². The van der Waals surface area contributed by atoms with E-state index in [4.69, 9.17) is 14.2 Å². The van der Waals surface area contributed by atoms with Crippen molar-refractivity contribution in [1.82, 2.24) is 9.80 Å². The summed E-state index contributed by atoms with van der Waals surface area (Å²) in [4.78, 5) is 54.1. The fourth-order valence-corrected chi connectivity index (χ4v) is 7.96. The van der Waals surface area contributed by atoms with E-state index >= 15 is 0 Å². The van der Waals surface area contributed by atoms with Gasteiger partial charge < -0.3 is 24.2 Å². The van der Waals surface area contributed by atoms with Gasteiger partial charge in [-0.05, 0) is 24.5 Å². The molecule has 0 aromatic heterocycles. The van der Waals surface area contributed by atoms with Gasteiger partial charge in [0.25, 0.3) is 5.91 Å². The second kappa shape index (κ2) is 11.1. The summed E-state index contributed by atoms with van der Waals surface area (Å²) in [6.07, 6.45) is -1.86. The Hall–Kier alpha value is -2.98. The molecule has 1 amide bonds. The highest BCUT2D eigenvalue weighted by atomic mass is 16.6. The van der Waals surface area contributed by atoms with Crippen molar-refractivity contribution in [3.63, 3.8) is 0 Å². The first-order valence-electron chi connectivity index (χ1n) is 14.3. The van der Waals surface area contributed by atoms with E-state index in [1.54, 1.807) is 0 Å². The Morgan fingerprint density at radius 1 is 1.02 bits per heavy atom. The van der Waals surface area contributed by atoms with E-state index in [9.17, 15) is 24.3 Å². The number of ether oxygens (including phenoxy) is 3. The maximum atomic E-state index is 13.2. The summed E-state index contributed by atoms with van der Waals surface area (Å²) in [6.45, 7) is 9.32. The van der Waals surface area contributed by atoms with Gasteiger partial charge in [-0.2, -0.15) is 0 Å². The molecule has 40 heavy (non-hydrogen) atoms. The topological polar surface area (TPSA) is 123 Å². The fourth-order valence-electron chi connectivity index (χ4n) is 7.96. The largest absolute Gasteiger partial charge is 0.462 e. The molecule has 2 saturated carbocycles. The van der Waals surface area contributed by atoms with Crippen LogP contribution in [0.15, 0.2) is 30.3 Å². The lowest BCUT2D eigenvalue weighted by Crippen LogP contribution is -2.54. The summed E-state index contributed by atoms with van der Waals surface area (Å²) in [5.74, 6) is -2.61. The number of aliphatic hydroxyl groups excluding tert-OH is 1. The molecule has 2 aliphatic heterocycles. The van der Waals surface area contributed by atoms with Crippen molar-refractivity contribution in [2.75, 3.05) is 32.7 Å². The number of nitrogens with zero attached hydrogens (tertiary/aromatic N) is 2. The average molecular weight is 557 g/mol. The third-order valence-corrected chi connectivity index (χ3v) is 9.70. The van der Waals surface area contributed by atoms with Crippen LogP contribution >= 0.6 is 0 Å². The lowest BCUT2D eigenvalue weighted by atomic mass is 9.66. The number of rotatable bonds is 5. The van der Waals surface area contributed by atoms with E-state index in [0.29, 0.717) is 51.1 Å². The molecular formula is C30H40N2O8. The van der Waals surface area contributed by atoms with Gasteiger partial charge in [0.15, 0.2) is 0 Å². The van der Waals surface area contributed by atoms with Crippen molar-refractivity contribution in [1.29, 1.82) is 0 Å². The highest BCUT2D eigenvalue weighted by Crippen LogP contribution is 2.59. The Bertz CT molecular complexity index is 1140. The van der Waals surface area contributed by atoms with Gasteiger partial charge in [0.05, 0.1) is 12.0 Å². The zero-order valence-corrected chi connectivity index (χ0v) is 23.7. The second-order valence-electron chi connectivity index (χ2n) is 12.1. The normalized spacial score (nSPS) is 37.6. The van der Waals surface area contributed by atoms with E-state index in [1.165, 1.54) is 13.8 Å². The number of piperazine rings is 1. The van der Waals surface area contributed by atoms with Gasteiger partial charge in [0.2, 0.25) is 0 Å². The number of carbonyl (C=O) groups excluding carboxylic acids is 4. The Kier molecular flexibility index (Phi) is 7.94. The maximum Gasteiger partial charge on any atom is 0.311 e. The Morgan fingerprint density at radius 2 is 1.68 bits per heavy atom. The molecule has 2 saturated heterocycles. The quantitative estimate of drug-likeness (QED) is 0.428. The minimum absolute atomic E-state index is 0.00665. The van der Waals surface area contributed by atoms with Crippen LogP contribution in [-0.2, 0) is 28.6 Å². The van der Waals surface area contributed by atoms with Crippen LogP contribution in [0.5, 0.6) is 0 Å². The number of fused-ring (bicyclic) bond motifs is 2.